The lowest BCUT2D eigenvalue weighted by atomic mass is 9.82. The SMILES string of the molecule is Cl.Cl.NC1(C(=O)Nc2ccc(NC(=O)c3ccccc3)nc2)CCCCC1. The Morgan fingerprint density at radius 1 is 0.926 bits per heavy atom. The number of halogens is 2. The van der Waals surface area contributed by atoms with Crippen LogP contribution >= 0.6 is 24.8 Å². The summed E-state index contributed by atoms with van der Waals surface area (Å²) in [6.45, 7) is 0. The van der Waals surface area contributed by atoms with Gasteiger partial charge in [-0.2, -0.15) is 0 Å². The number of hydrogen-bond donors (Lipinski definition) is 3. The molecule has 0 saturated heterocycles. The topological polar surface area (TPSA) is 97.1 Å². The van der Waals surface area contributed by atoms with Crippen molar-refractivity contribution in [3.8, 4) is 0 Å². The molecule has 1 aromatic heterocycles. The summed E-state index contributed by atoms with van der Waals surface area (Å²) < 4.78 is 0. The van der Waals surface area contributed by atoms with Gasteiger partial charge in [0, 0.05) is 5.56 Å². The van der Waals surface area contributed by atoms with E-state index in [0.717, 1.165) is 19.3 Å². The highest BCUT2D eigenvalue weighted by Gasteiger charge is 2.35. The number of carbonyl (C=O) groups excluding carboxylic acids is 2. The smallest absolute Gasteiger partial charge is 0.256 e. The van der Waals surface area contributed by atoms with Gasteiger partial charge in [-0.05, 0) is 37.1 Å². The second-order valence-electron chi connectivity index (χ2n) is 6.42. The molecule has 146 valence electrons. The molecule has 1 fully saturated rings. The predicted octanol–water partition coefficient (Wildman–Crippen LogP) is 3.78. The Balaban J connectivity index is 0.00000182. The Morgan fingerprint density at radius 3 is 2.19 bits per heavy atom. The van der Waals surface area contributed by atoms with Crippen LogP contribution in [0.2, 0.25) is 0 Å². The molecule has 0 atom stereocenters. The van der Waals surface area contributed by atoms with Crippen LogP contribution in [0.15, 0.2) is 48.7 Å². The third kappa shape index (κ3) is 5.92. The number of benzene rings is 1. The summed E-state index contributed by atoms with van der Waals surface area (Å²) in [4.78, 5) is 28.7. The van der Waals surface area contributed by atoms with Crippen molar-refractivity contribution in [1.29, 1.82) is 0 Å². The molecule has 0 aliphatic heterocycles. The van der Waals surface area contributed by atoms with E-state index in [-0.39, 0.29) is 36.6 Å². The molecule has 1 heterocycles. The van der Waals surface area contributed by atoms with E-state index in [0.29, 0.717) is 29.9 Å². The molecular formula is C19H24Cl2N4O2. The molecule has 1 aliphatic rings. The molecule has 0 bridgehead atoms. The summed E-state index contributed by atoms with van der Waals surface area (Å²) in [5.74, 6) is 0.0232. The van der Waals surface area contributed by atoms with Crippen molar-refractivity contribution in [3.05, 3.63) is 54.2 Å². The van der Waals surface area contributed by atoms with Gasteiger partial charge in [0.2, 0.25) is 5.91 Å². The highest BCUT2D eigenvalue weighted by atomic mass is 35.5. The van der Waals surface area contributed by atoms with Crippen molar-refractivity contribution in [2.45, 2.75) is 37.6 Å². The number of carbonyl (C=O) groups is 2. The quantitative estimate of drug-likeness (QED) is 0.713. The average Bonchev–Trinajstić information content (AvgIpc) is 2.64. The van der Waals surface area contributed by atoms with Crippen molar-refractivity contribution in [3.63, 3.8) is 0 Å². The Bertz CT molecular complexity index is 748. The van der Waals surface area contributed by atoms with Crippen molar-refractivity contribution < 1.29 is 9.59 Å². The average molecular weight is 411 g/mol. The van der Waals surface area contributed by atoms with Crippen molar-refractivity contribution in [2.75, 3.05) is 10.6 Å². The highest BCUT2D eigenvalue weighted by Crippen LogP contribution is 2.27. The predicted molar refractivity (Wildman–Crippen MR) is 112 cm³/mol. The molecule has 1 saturated carbocycles. The molecule has 1 aromatic carbocycles. The third-order valence-electron chi connectivity index (χ3n) is 4.50. The molecule has 0 unspecified atom stereocenters. The number of nitrogens with two attached hydrogens (primary N) is 1. The van der Waals surface area contributed by atoms with Crippen LogP contribution in [0.3, 0.4) is 0 Å². The van der Waals surface area contributed by atoms with Gasteiger partial charge in [0.25, 0.3) is 5.91 Å². The first kappa shape index (κ1) is 22.9. The fourth-order valence-electron chi connectivity index (χ4n) is 2.99. The minimum Gasteiger partial charge on any atom is -0.323 e. The van der Waals surface area contributed by atoms with E-state index >= 15 is 0 Å². The molecular weight excluding hydrogens is 387 g/mol. The first-order valence-electron chi connectivity index (χ1n) is 8.50. The molecule has 3 rings (SSSR count). The monoisotopic (exact) mass is 410 g/mol. The van der Waals surface area contributed by atoms with Crippen LogP contribution in [0.1, 0.15) is 42.5 Å². The van der Waals surface area contributed by atoms with Gasteiger partial charge in [-0.15, -0.1) is 24.8 Å². The van der Waals surface area contributed by atoms with E-state index in [1.165, 1.54) is 6.20 Å². The van der Waals surface area contributed by atoms with Crippen LogP contribution in [-0.4, -0.2) is 22.3 Å². The first-order valence-corrected chi connectivity index (χ1v) is 8.50. The van der Waals surface area contributed by atoms with Gasteiger partial charge in [0.1, 0.15) is 5.82 Å². The second kappa shape index (κ2) is 10.3. The molecule has 1 aliphatic carbocycles. The van der Waals surface area contributed by atoms with Crippen LogP contribution in [-0.2, 0) is 4.79 Å². The molecule has 4 N–H and O–H groups in total. The number of nitrogens with one attached hydrogen (secondary N) is 2. The normalized spacial score (nSPS) is 14.9. The first-order chi connectivity index (χ1) is 12.1. The lowest BCUT2D eigenvalue weighted by Crippen LogP contribution is -2.52. The fraction of sp³-hybridized carbons (Fsp3) is 0.316. The molecule has 8 heteroatoms. The summed E-state index contributed by atoms with van der Waals surface area (Å²) in [7, 11) is 0. The molecule has 6 nitrogen and oxygen atoms in total. The van der Waals surface area contributed by atoms with Crippen LogP contribution < -0.4 is 16.4 Å². The van der Waals surface area contributed by atoms with Gasteiger partial charge in [-0.3, -0.25) is 9.59 Å². The summed E-state index contributed by atoms with van der Waals surface area (Å²) in [6, 6.07) is 12.3. The maximum Gasteiger partial charge on any atom is 0.256 e. The summed E-state index contributed by atoms with van der Waals surface area (Å²) in [5.41, 5.74) is 6.55. The van der Waals surface area contributed by atoms with E-state index in [2.05, 4.69) is 15.6 Å². The number of anilines is 2. The van der Waals surface area contributed by atoms with Gasteiger partial charge in [0.05, 0.1) is 17.4 Å². The van der Waals surface area contributed by atoms with E-state index in [1.807, 2.05) is 6.07 Å². The van der Waals surface area contributed by atoms with Gasteiger partial charge in [0.15, 0.2) is 0 Å². The van der Waals surface area contributed by atoms with E-state index in [1.54, 1.807) is 36.4 Å². The molecule has 2 amide bonds. The van der Waals surface area contributed by atoms with Gasteiger partial charge < -0.3 is 16.4 Å². The van der Waals surface area contributed by atoms with Gasteiger partial charge in [-0.1, -0.05) is 37.5 Å². The molecule has 27 heavy (non-hydrogen) atoms. The number of hydrogen-bond acceptors (Lipinski definition) is 4. The zero-order valence-electron chi connectivity index (χ0n) is 14.8. The van der Waals surface area contributed by atoms with Crippen LogP contribution in [0.25, 0.3) is 0 Å². The minimum absolute atomic E-state index is 0. The zero-order chi connectivity index (χ0) is 17.7. The zero-order valence-corrected chi connectivity index (χ0v) is 16.4. The van der Waals surface area contributed by atoms with Crippen molar-refractivity contribution in [1.82, 2.24) is 4.98 Å². The van der Waals surface area contributed by atoms with E-state index in [4.69, 9.17) is 5.73 Å². The Morgan fingerprint density at radius 2 is 1.59 bits per heavy atom. The number of pyridine rings is 1. The second-order valence-corrected chi connectivity index (χ2v) is 6.42. The van der Waals surface area contributed by atoms with E-state index in [9.17, 15) is 9.59 Å². The van der Waals surface area contributed by atoms with Gasteiger partial charge in [-0.25, -0.2) is 4.98 Å². The minimum atomic E-state index is -0.793. The maximum absolute atomic E-state index is 12.4. The van der Waals surface area contributed by atoms with Crippen molar-refractivity contribution in [2.24, 2.45) is 5.73 Å². The van der Waals surface area contributed by atoms with Crippen LogP contribution in [0.5, 0.6) is 0 Å². The summed E-state index contributed by atoms with van der Waals surface area (Å²) >= 11 is 0. The Hall–Kier alpha value is -2.15. The number of rotatable bonds is 4. The number of aromatic nitrogens is 1. The molecule has 0 radical (unpaired) electrons. The van der Waals surface area contributed by atoms with E-state index < -0.39 is 5.54 Å². The number of amides is 2. The standard InChI is InChI=1S/C19H22N4O2.2ClH/c20-19(11-5-2-6-12-19)18(25)22-15-9-10-16(21-13-15)23-17(24)14-7-3-1-4-8-14;;/h1,3-4,7-10,13H,2,5-6,11-12,20H2,(H,22,25)(H,21,23,24);2*1H. The van der Waals surface area contributed by atoms with Crippen LogP contribution in [0.4, 0.5) is 11.5 Å². The Kier molecular flexibility index (Phi) is 8.69. The highest BCUT2D eigenvalue weighted by molar-refractivity contribution is 6.04. The maximum atomic E-state index is 12.4. The summed E-state index contributed by atoms with van der Waals surface area (Å²) in [6.07, 6.45) is 6.02. The number of nitrogens with zero attached hydrogens (tertiary/aromatic N) is 1. The summed E-state index contributed by atoms with van der Waals surface area (Å²) in [5, 5.41) is 5.55. The van der Waals surface area contributed by atoms with Crippen LogP contribution in [0, 0.1) is 0 Å². The lowest BCUT2D eigenvalue weighted by molar-refractivity contribution is -0.122. The Labute approximate surface area is 171 Å². The largest absolute Gasteiger partial charge is 0.323 e. The molecule has 0 spiro atoms. The fourth-order valence-corrected chi connectivity index (χ4v) is 2.99. The third-order valence-corrected chi connectivity index (χ3v) is 4.50. The molecule has 2 aromatic rings. The van der Waals surface area contributed by atoms with Gasteiger partial charge >= 0.3 is 0 Å². The lowest BCUT2D eigenvalue weighted by Gasteiger charge is -2.31. The van der Waals surface area contributed by atoms with Crippen molar-refractivity contribution >= 4 is 48.1 Å².